The number of rotatable bonds is 2. The zero-order chi connectivity index (χ0) is 11.5. The molecule has 1 N–H and O–H groups in total. The molecule has 16 heavy (non-hydrogen) atoms. The molecule has 2 aromatic rings. The molecule has 4 heteroatoms. The van der Waals surface area contributed by atoms with Gasteiger partial charge >= 0.3 is 0 Å². The lowest BCUT2D eigenvalue weighted by Crippen LogP contribution is -2.11. The number of furan rings is 1. The van der Waals surface area contributed by atoms with Gasteiger partial charge in [-0.2, -0.15) is 0 Å². The molecular weight excluding hydrogens is 270 g/mol. The van der Waals surface area contributed by atoms with Crippen LogP contribution in [0.15, 0.2) is 45.5 Å². The third kappa shape index (κ3) is 2.33. The van der Waals surface area contributed by atoms with Crippen molar-refractivity contribution in [1.29, 1.82) is 0 Å². The molecule has 3 nitrogen and oxygen atoms in total. The van der Waals surface area contributed by atoms with Gasteiger partial charge in [-0.25, -0.2) is 0 Å². The van der Waals surface area contributed by atoms with Crippen molar-refractivity contribution < 1.29 is 9.21 Å². The van der Waals surface area contributed by atoms with Crippen LogP contribution in [0.25, 0.3) is 0 Å². The van der Waals surface area contributed by atoms with Gasteiger partial charge in [-0.05, 0) is 37.3 Å². The molecule has 0 radical (unpaired) electrons. The summed E-state index contributed by atoms with van der Waals surface area (Å²) in [5.74, 6) is 0.118. The maximum Gasteiger partial charge on any atom is 0.291 e. The number of benzene rings is 1. The van der Waals surface area contributed by atoms with E-state index < -0.39 is 0 Å². The molecule has 2 rings (SSSR count). The highest BCUT2D eigenvalue weighted by Gasteiger charge is 2.12. The lowest BCUT2D eigenvalue weighted by molar-refractivity contribution is 0.0996. The van der Waals surface area contributed by atoms with Crippen LogP contribution < -0.4 is 5.32 Å². The third-order valence-corrected chi connectivity index (χ3v) is 2.70. The topological polar surface area (TPSA) is 42.2 Å². The zero-order valence-corrected chi connectivity index (χ0v) is 10.2. The van der Waals surface area contributed by atoms with Gasteiger partial charge in [0.2, 0.25) is 0 Å². The fourth-order valence-electron chi connectivity index (χ4n) is 1.33. The molecule has 82 valence electrons. The number of halogens is 1. The van der Waals surface area contributed by atoms with Crippen LogP contribution in [0.1, 0.15) is 16.1 Å². The van der Waals surface area contributed by atoms with Crippen molar-refractivity contribution in [1.82, 2.24) is 0 Å². The van der Waals surface area contributed by atoms with E-state index >= 15 is 0 Å². The van der Waals surface area contributed by atoms with Crippen LogP contribution in [-0.2, 0) is 0 Å². The van der Waals surface area contributed by atoms with Crippen LogP contribution in [0.3, 0.4) is 0 Å². The number of nitrogens with one attached hydrogen (secondary N) is 1. The van der Waals surface area contributed by atoms with Gasteiger partial charge in [0, 0.05) is 15.7 Å². The standard InChI is InChI=1S/C12H10BrNO2/c1-8-6-7-16-11(8)12(15)14-10-4-2-9(13)3-5-10/h2-7H,1H3,(H,14,15). The Morgan fingerprint density at radius 2 is 1.94 bits per heavy atom. The fourth-order valence-corrected chi connectivity index (χ4v) is 1.59. The van der Waals surface area contributed by atoms with Gasteiger partial charge in [-0.1, -0.05) is 15.9 Å². The molecule has 1 aromatic heterocycles. The van der Waals surface area contributed by atoms with E-state index in [2.05, 4.69) is 21.2 Å². The van der Waals surface area contributed by atoms with Crippen molar-refractivity contribution in [2.24, 2.45) is 0 Å². The van der Waals surface area contributed by atoms with Gasteiger partial charge in [-0.3, -0.25) is 4.79 Å². The van der Waals surface area contributed by atoms with Crippen LogP contribution in [-0.4, -0.2) is 5.91 Å². The second kappa shape index (κ2) is 4.53. The number of anilines is 1. The number of carbonyl (C=O) groups excluding carboxylic acids is 1. The molecule has 0 unspecified atom stereocenters. The van der Waals surface area contributed by atoms with Crippen LogP contribution >= 0.6 is 15.9 Å². The Morgan fingerprint density at radius 3 is 2.50 bits per heavy atom. The summed E-state index contributed by atoms with van der Waals surface area (Å²) < 4.78 is 6.07. The van der Waals surface area contributed by atoms with Gasteiger partial charge < -0.3 is 9.73 Å². The Kier molecular flexibility index (Phi) is 3.10. The van der Waals surface area contributed by atoms with E-state index in [9.17, 15) is 4.79 Å². The summed E-state index contributed by atoms with van der Waals surface area (Å²) in [7, 11) is 0. The fraction of sp³-hybridized carbons (Fsp3) is 0.0833. The van der Waals surface area contributed by atoms with E-state index in [4.69, 9.17) is 4.42 Å². The molecule has 0 saturated heterocycles. The summed E-state index contributed by atoms with van der Waals surface area (Å²) in [6.07, 6.45) is 1.51. The maximum absolute atomic E-state index is 11.8. The first-order valence-electron chi connectivity index (χ1n) is 4.78. The van der Waals surface area contributed by atoms with E-state index in [-0.39, 0.29) is 5.91 Å². The molecule has 1 amide bonds. The van der Waals surface area contributed by atoms with Crippen molar-refractivity contribution in [2.75, 3.05) is 5.32 Å². The van der Waals surface area contributed by atoms with Crippen LogP contribution in [0.2, 0.25) is 0 Å². The summed E-state index contributed by atoms with van der Waals surface area (Å²) in [4.78, 5) is 11.8. The second-order valence-corrected chi connectivity index (χ2v) is 4.31. The first-order valence-corrected chi connectivity index (χ1v) is 5.57. The Hall–Kier alpha value is -1.55. The summed E-state index contributed by atoms with van der Waals surface area (Å²) >= 11 is 3.33. The SMILES string of the molecule is Cc1ccoc1C(=O)Nc1ccc(Br)cc1. The number of amides is 1. The highest BCUT2D eigenvalue weighted by atomic mass is 79.9. The van der Waals surface area contributed by atoms with E-state index in [0.29, 0.717) is 5.76 Å². The molecular formula is C12H10BrNO2. The molecule has 1 aromatic carbocycles. The largest absolute Gasteiger partial charge is 0.459 e. The molecule has 0 saturated carbocycles. The molecule has 0 atom stereocenters. The molecule has 1 heterocycles. The Labute approximate surface area is 102 Å². The van der Waals surface area contributed by atoms with Crippen LogP contribution in [0.4, 0.5) is 5.69 Å². The Bertz CT molecular complexity index is 502. The minimum atomic E-state index is -0.232. The smallest absolute Gasteiger partial charge is 0.291 e. The van der Waals surface area contributed by atoms with Crippen molar-refractivity contribution in [3.05, 3.63) is 52.4 Å². The van der Waals surface area contributed by atoms with Crippen molar-refractivity contribution in [3.8, 4) is 0 Å². The zero-order valence-electron chi connectivity index (χ0n) is 8.66. The molecule has 0 spiro atoms. The average molecular weight is 280 g/mol. The van der Waals surface area contributed by atoms with Gasteiger partial charge in [-0.15, -0.1) is 0 Å². The molecule has 0 aliphatic carbocycles. The number of hydrogen-bond acceptors (Lipinski definition) is 2. The number of aryl methyl sites for hydroxylation is 1. The predicted molar refractivity (Wildman–Crippen MR) is 65.5 cm³/mol. The minimum absolute atomic E-state index is 0.232. The summed E-state index contributed by atoms with van der Waals surface area (Å²) in [6, 6.07) is 9.13. The highest BCUT2D eigenvalue weighted by molar-refractivity contribution is 9.10. The molecule has 0 aliphatic heterocycles. The summed E-state index contributed by atoms with van der Waals surface area (Å²) in [6.45, 7) is 1.83. The van der Waals surface area contributed by atoms with E-state index in [1.807, 2.05) is 31.2 Å². The van der Waals surface area contributed by atoms with Crippen molar-refractivity contribution in [2.45, 2.75) is 6.92 Å². The number of hydrogen-bond donors (Lipinski definition) is 1. The van der Waals surface area contributed by atoms with Crippen molar-refractivity contribution >= 4 is 27.5 Å². The first-order chi connectivity index (χ1) is 7.66. The predicted octanol–water partition coefficient (Wildman–Crippen LogP) is 3.60. The van der Waals surface area contributed by atoms with E-state index in [1.54, 1.807) is 6.07 Å². The normalized spacial score (nSPS) is 10.1. The molecule has 0 aliphatic rings. The molecule has 0 fully saturated rings. The summed E-state index contributed by atoms with van der Waals surface area (Å²) in [5.41, 5.74) is 1.57. The van der Waals surface area contributed by atoms with Crippen molar-refractivity contribution in [3.63, 3.8) is 0 Å². The lowest BCUT2D eigenvalue weighted by atomic mass is 10.2. The highest BCUT2D eigenvalue weighted by Crippen LogP contribution is 2.16. The second-order valence-electron chi connectivity index (χ2n) is 3.39. The Balaban J connectivity index is 2.14. The maximum atomic E-state index is 11.8. The number of carbonyl (C=O) groups is 1. The van der Waals surface area contributed by atoms with E-state index in [1.165, 1.54) is 6.26 Å². The first kappa shape index (κ1) is 11.0. The van der Waals surface area contributed by atoms with E-state index in [0.717, 1.165) is 15.7 Å². The van der Waals surface area contributed by atoms with Gasteiger partial charge in [0.05, 0.1) is 6.26 Å². The summed E-state index contributed by atoms with van der Waals surface area (Å²) in [5, 5.41) is 2.76. The quantitative estimate of drug-likeness (QED) is 0.913. The lowest BCUT2D eigenvalue weighted by Gasteiger charge is -2.03. The van der Waals surface area contributed by atoms with Gasteiger partial charge in [0.1, 0.15) is 0 Å². The van der Waals surface area contributed by atoms with Crippen LogP contribution in [0, 0.1) is 6.92 Å². The van der Waals surface area contributed by atoms with Crippen LogP contribution in [0.5, 0.6) is 0 Å². The van der Waals surface area contributed by atoms with Gasteiger partial charge in [0.15, 0.2) is 5.76 Å². The monoisotopic (exact) mass is 279 g/mol. The Morgan fingerprint density at radius 1 is 1.25 bits per heavy atom. The average Bonchev–Trinajstić information content (AvgIpc) is 2.68. The van der Waals surface area contributed by atoms with Gasteiger partial charge in [0.25, 0.3) is 5.91 Å². The third-order valence-electron chi connectivity index (χ3n) is 2.17. The molecule has 0 bridgehead atoms. The minimum Gasteiger partial charge on any atom is -0.459 e.